The third kappa shape index (κ3) is 4.36. The van der Waals surface area contributed by atoms with Gasteiger partial charge in [-0.25, -0.2) is 9.97 Å². The van der Waals surface area contributed by atoms with Gasteiger partial charge in [-0.05, 0) is 64.5 Å². The average molecular weight is 478 g/mol. The minimum absolute atomic E-state index is 0.584. The SMILES string of the molecule is C/C=C\c1cc(-c2c(-c3ccc(C#N)cc3)nc(N3CCC(N(C)C)CC3)n3ccnc23)cnc1C. The summed E-state index contributed by atoms with van der Waals surface area (Å²) < 4.78 is 2.10. The first-order valence-electron chi connectivity index (χ1n) is 12.4. The van der Waals surface area contributed by atoms with Crippen molar-refractivity contribution in [2.24, 2.45) is 0 Å². The Kier molecular flexibility index (Phi) is 6.53. The summed E-state index contributed by atoms with van der Waals surface area (Å²) in [6.45, 7) is 5.90. The number of nitrogens with zero attached hydrogens (tertiary/aromatic N) is 7. The average Bonchev–Trinajstić information content (AvgIpc) is 3.39. The van der Waals surface area contributed by atoms with Crippen molar-refractivity contribution in [2.75, 3.05) is 32.1 Å². The number of hydrogen-bond acceptors (Lipinski definition) is 6. The van der Waals surface area contributed by atoms with Crippen molar-refractivity contribution in [3.05, 3.63) is 71.8 Å². The molecule has 4 aromatic rings. The van der Waals surface area contributed by atoms with Gasteiger partial charge in [0.1, 0.15) is 5.65 Å². The molecule has 0 atom stereocenters. The molecule has 0 unspecified atom stereocenters. The van der Waals surface area contributed by atoms with Crippen molar-refractivity contribution in [3.8, 4) is 28.5 Å². The van der Waals surface area contributed by atoms with Gasteiger partial charge in [-0.1, -0.05) is 24.3 Å². The predicted octanol–water partition coefficient (Wildman–Crippen LogP) is 5.20. The van der Waals surface area contributed by atoms with E-state index in [1.165, 1.54) is 0 Å². The Labute approximate surface area is 212 Å². The highest BCUT2D eigenvalue weighted by atomic mass is 15.3. The molecule has 0 spiro atoms. The number of aromatic nitrogens is 4. The molecule has 1 aromatic carbocycles. The number of allylic oxidation sites excluding steroid dienone is 1. The van der Waals surface area contributed by atoms with Gasteiger partial charge in [-0.15, -0.1) is 0 Å². The molecule has 0 N–H and O–H groups in total. The summed E-state index contributed by atoms with van der Waals surface area (Å²) in [6, 6.07) is 12.6. The first-order valence-corrected chi connectivity index (χ1v) is 12.4. The molecule has 182 valence electrons. The van der Waals surface area contributed by atoms with E-state index in [-0.39, 0.29) is 0 Å². The lowest BCUT2D eigenvalue weighted by atomic mass is 9.98. The predicted molar refractivity (Wildman–Crippen MR) is 145 cm³/mol. The monoisotopic (exact) mass is 477 g/mol. The van der Waals surface area contributed by atoms with Crippen molar-refractivity contribution in [1.29, 1.82) is 5.26 Å². The molecular weight excluding hydrogens is 446 g/mol. The lowest BCUT2D eigenvalue weighted by molar-refractivity contribution is 0.249. The number of pyridine rings is 1. The van der Waals surface area contributed by atoms with E-state index in [2.05, 4.69) is 46.5 Å². The van der Waals surface area contributed by atoms with Crippen LogP contribution in [-0.2, 0) is 0 Å². The van der Waals surface area contributed by atoms with Crippen LogP contribution in [0.3, 0.4) is 0 Å². The van der Waals surface area contributed by atoms with E-state index in [0.717, 1.165) is 71.2 Å². The maximum absolute atomic E-state index is 9.32. The summed E-state index contributed by atoms with van der Waals surface area (Å²) in [5.74, 6) is 0.900. The fourth-order valence-corrected chi connectivity index (χ4v) is 4.98. The van der Waals surface area contributed by atoms with E-state index < -0.39 is 0 Å². The summed E-state index contributed by atoms with van der Waals surface area (Å²) in [6.07, 6.45) is 12.0. The first-order chi connectivity index (χ1) is 17.5. The Bertz CT molecular complexity index is 1450. The van der Waals surface area contributed by atoms with Crippen molar-refractivity contribution < 1.29 is 0 Å². The number of piperidine rings is 1. The van der Waals surface area contributed by atoms with Gasteiger partial charge < -0.3 is 9.80 Å². The van der Waals surface area contributed by atoms with Gasteiger partial charge in [0.05, 0.1) is 22.9 Å². The van der Waals surface area contributed by atoms with Crippen LogP contribution in [0.15, 0.2) is 55.0 Å². The van der Waals surface area contributed by atoms with Crippen molar-refractivity contribution >= 4 is 17.7 Å². The Balaban J connectivity index is 1.71. The highest BCUT2D eigenvalue weighted by molar-refractivity contribution is 5.91. The summed E-state index contributed by atoms with van der Waals surface area (Å²) >= 11 is 0. The number of imidazole rings is 1. The summed E-state index contributed by atoms with van der Waals surface area (Å²) in [5.41, 5.74) is 7.23. The highest BCUT2D eigenvalue weighted by Gasteiger charge is 2.26. The van der Waals surface area contributed by atoms with Crippen LogP contribution in [-0.4, -0.2) is 57.5 Å². The lowest BCUT2D eigenvalue weighted by Crippen LogP contribution is -2.43. The zero-order valence-electron chi connectivity index (χ0n) is 21.3. The minimum Gasteiger partial charge on any atom is -0.342 e. The summed E-state index contributed by atoms with van der Waals surface area (Å²) in [4.78, 5) is 19.4. The number of hydrogen-bond donors (Lipinski definition) is 0. The van der Waals surface area contributed by atoms with Gasteiger partial charge in [-0.3, -0.25) is 9.38 Å². The first kappa shape index (κ1) is 23.7. The van der Waals surface area contributed by atoms with Crippen LogP contribution in [0.1, 0.15) is 36.6 Å². The van der Waals surface area contributed by atoms with Crippen LogP contribution in [0.5, 0.6) is 0 Å². The second kappa shape index (κ2) is 9.92. The van der Waals surface area contributed by atoms with Gasteiger partial charge in [0.25, 0.3) is 0 Å². The molecule has 7 heteroatoms. The van der Waals surface area contributed by atoms with Crippen LogP contribution in [0, 0.1) is 18.3 Å². The lowest BCUT2D eigenvalue weighted by Gasteiger charge is -2.36. The smallest absolute Gasteiger partial charge is 0.211 e. The fraction of sp³-hybridized carbons (Fsp3) is 0.310. The van der Waals surface area contributed by atoms with E-state index >= 15 is 0 Å². The third-order valence-corrected chi connectivity index (χ3v) is 7.05. The van der Waals surface area contributed by atoms with Crippen molar-refractivity contribution in [1.82, 2.24) is 24.3 Å². The molecule has 0 aliphatic carbocycles. The molecule has 4 heterocycles. The van der Waals surface area contributed by atoms with Crippen LogP contribution in [0.25, 0.3) is 34.1 Å². The number of fused-ring (bicyclic) bond motifs is 1. The van der Waals surface area contributed by atoms with E-state index in [4.69, 9.17) is 15.0 Å². The van der Waals surface area contributed by atoms with Crippen LogP contribution in [0.2, 0.25) is 0 Å². The molecule has 1 saturated heterocycles. The van der Waals surface area contributed by atoms with Gasteiger partial charge in [-0.2, -0.15) is 5.26 Å². The number of aryl methyl sites for hydroxylation is 1. The highest BCUT2D eigenvalue weighted by Crippen LogP contribution is 2.37. The Hall–Kier alpha value is -4.02. The molecule has 1 aliphatic heterocycles. The number of nitriles is 1. The van der Waals surface area contributed by atoms with Gasteiger partial charge in [0.2, 0.25) is 5.95 Å². The zero-order chi connectivity index (χ0) is 25.2. The molecule has 3 aromatic heterocycles. The molecule has 0 radical (unpaired) electrons. The summed E-state index contributed by atoms with van der Waals surface area (Å²) in [7, 11) is 4.31. The van der Waals surface area contributed by atoms with Gasteiger partial charge in [0, 0.05) is 54.5 Å². The van der Waals surface area contributed by atoms with Gasteiger partial charge >= 0.3 is 0 Å². The topological polar surface area (TPSA) is 73.4 Å². The molecule has 0 bridgehead atoms. The largest absolute Gasteiger partial charge is 0.342 e. The Morgan fingerprint density at radius 1 is 1.08 bits per heavy atom. The Morgan fingerprint density at radius 3 is 2.50 bits per heavy atom. The molecule has 1 aliphatic rings. The van der Waals surface area contributed by atoms with Crippen LogP contribution in [0.4, 0.5) is 5.95 Å². The molecule has 5 rings (SSSR count). The van der Waals surface area contributed by atoms with Crippen molar-refractivity contribution in [3.63, 3.8) is 0 Å². The van der Waals surface area contributed by atoms with Crippen LogP contribution >= 0.6 is 0 Å². The maximum atomic E-state index is 9.32. The second-order valence-electron chi connectivity index (χ2n) is 9.53. The van der Waals surface area contributed by atoms with E-state index in [0.29, 0.717) is 11.6 Å². The molecule has 1 fully saturated rings. The zero-order valence-corrected chi connectivity index (χ0v) is 21.3. The normalized spacial score (nSPS) is 14.7. The molecule has 0 amide bonds. The standard InChI is InChI=1S/C29H31N7/c1-5-6-23-17-24(19-32-20(23)2)26-27(22-9-7-21(18-30)8-10-22)33-29(36-16-13-31-28(26)36)35-14-11-25(12-15-35)34(3)4/h5-10,13,16-17,19,25H,11-12,14-15H2,1-4H3/b6-5-. The number of rotatable bonds is 5. The Morgan fingerprint density at radius 2 is 1.83 bits per heavy atom. The molecule has 0 saturated carbocycles. The van der Waals surface area contributed by atoms with Crippen LogP contribution < -0.4 is 4.90 Å². The molecule has 36 heavy (non-hydrogen) atoms. The minimum atomic E-state index is 0.584. The van der Waals surface area contributed by atoms with E-state index in [1.807, 2.05) is 62.8 Å². The fourth-order valence-electron chi connectivity index (χ4n) is 4.98. The third-order valence-electron chi connectivity index (χ3n) is 7.05. The molecule has 7 nitrogen and oxygen atoms in total. The van der Waals surface area contributed by atoms with E-state index in [9.17, 15) is 5.26 Å². The second-order valence-corrected chi connectivity index (χ2v) is 9.53. The quantitative estimate of drug-likeness (QED) is 0.393. The number of benzene rings is 1. The van der Waals surface area contributed by atoms with E-state index in [1.54, 1.807) is 0 Å². The maximum Gasteiger partial charge on any atom is 0.211 e. The van der Waals surface area contributed by atoms with Gasteiger partial charge in [0.15, 0.2) is 0 Å². The molecular formula is C29H31N7. The van der Waals surface area contributed by atoms with Crippen molar-refractivity contribution in [2.45, 2.75) is 32.7 Å². The summed E-state index contributed by atoms with van der Waals surface area (Å²) in [5, 5.41) is 9.32. The number of anilines is 1.